The van der Waals surface area contributed by atoms with Gasteiger partial charge >= 0.3 is 0 Å². The van der Waals surface area contributed by atoms with E-state index in [1.165, 1.54) is 34.8 Å². The molecule has 3 rings (SSSR count). The van der Waals surface area contributed by atoms with Crippen LogP contribution < -0.4 is 14.9 Å². The highest BCUT2D eigenvalue weighted by atomic mass is 32.2. The van der Waals surface area contributed by atoms with Crippen LogP contribution in [0, 0.1) is 0 Å². The molecule has 0 aliphatic heterocycles. The molecule has 31 heavy (non-hydrogen) atoms. The Labute approximate surface area is 185 Å². The maximum atomic E-state index is 12.9. The zero-order chi connectivity index (χ0) is 22.3. The molecule has 2 N–H and O–H groups in total. The molecule has 0 saturated carbocycles. The Balaban J connectivity index is 1.55. The third-order valence-electron chi connectivity index (χ3n) is 4.51. The van der Waals surface area contributed by atoms with Crippen molar-refractivity contribution in [3.05, 3.63) is 77.0 Å². The first kappa shape index (κ1) is 22.5. The maximum absolute atomic E-state index is 12.9. The van der Waals surface area contributed by atoms with Gasteiger partial charge in [0.2, 0.25) is 5.91 Å². The molecule has 1 aromatic heterocycles. The summed E-state index contributed by atoms with van der Waals surface area (Å²) >= 11 is 1.36. The molecular formula is C22H23N3O4S2. The highest BCUT2D eigenvalue weighted by molar-refractivity contribution is 7.92. The van der Waals surface area contributed by atoms with Crippen molar-refractivity contribution in [1.82, 2.24) is 5.32 Å². The number of rotatable bonds is 9. The standard InChI is InChI=1S/C22H23N3O4S2/c1-25(18-9-3-2-4-10-18)31(28,29)19-11-5-8-17(16-19)24-21(26)13-6-14-23-22(27)20-12-7-15-30-20/h2-5,7-12,15-16H,6,13-14H2,1H3,(H,23,27)(H,24,26). The molecule has 0 aliphatic rings. The van der Waals surface area contributed by atoms with Crippen LogP contribution in [0.5, 0.6) is 0 Å². The molecule has 3 aromatic rings. The lowest BCUT2D eigenvalue weighted by molar-refractivity contribution is -0.116. The minimum atomic E-state index is -3.77. The molecule has 0 saturated heterocycles. The summed E-state index contributed by atoms with van der Waals surface area (Å²) in [5.74, 6) is -0.410. The normalized spacial score (nSPS) is 11.0. The van der Waals surface area contributed by atoms with Crippen LogP contribution in [0.25, 0.3) is 0 Å². The van der Waals surface area contributed by atoms with E-state index in [0.717, 1.165) is 0 Å². The van der Waals surface area contributed by atoms with Gasteiger partial charge in [-0.1, -0.05) is 30.3 Å². The predicted molar refractivity (Wildman–Crippen MR) is 123 cm³/mol. The number of nitrogens with one attached hydrogen (secondary N) is 2. The molecule has 7 nitrogen and oxygen atoms in total. The number of carbonyl (C=O) groups is 2. The summed E-state index contributed by atoms with van der Waals surface area (Å²) < 4.78 is 27.0. The smallest absolute Gasteiger partial charge is 0.264 e. The quantitative estimate of drug-likeness (QED) is 0.479. The number of anilines is 2. The van der Waals surface area contributed by atoms with Crippen LogP contribution >= 0.6 is 11.3 Å². The number of sulfonamides is 1. The van der Waals surface area contributed by atoms with Gasteiger partial charge in [-0.15, -0.1) is 11.3 Å². The average Bonchev–Trinajstić information content (AvgIpc) is 3.32. The molecule has 0 fully saturated rings. The van der Waals surface area contributed by atoms with Crippen molar-refractivity contribution < 1.29 is 18.0 Å². The van der Waals surface area contributed by atoms with Gasteiger partial charge in [-0.3, -0.25) is 13.9 Å². The average molecular weight is 458 g/mol. The van der Waals surface area contributed by atoms with Gasteiger partial charge in [0, 0.05) is 25.7 Å². The Kier molecular flexibility index (Phi) is 7.43. The summed E-state index contributed by atoms with van der Waals surface area (Å²) in [5.41, 5.74) is 0.941. The van der Waals surface area contributed by atoms with Crippen molar-refractivity contribution in [3.8, 4) is 0 Å². The summed E-state index contributed by atoms with van der Waals surface area (Å²) in [4.78, 5) is 24.8. The lowest BCUT2D eigenvalue weighted by atomic mass is 10.2. The van der Waals surface area contributed by atoms with Crippen molar-refractivity contribution in [2.75, 3.05) is 23.2 Å². The number of carbonyl (C=O) groups excluding carboxylic acids is 2. The van der Waals surface area contributed by atoms with Crippen LogP contribution in [0.1, 0.15) is 22.5 Å². The number of hydrogen-bond acceptors (Lipinski definition) is 5. The van der Waals surface area contributed by atoms with E-state index in [-0.39, 0.29) is 23.1 Å². The zero-order valence-electron chi connectivity index (χ0n) is 16.9. The number of benzene rings is 2. The van der Waals surface area contributed by atoms with Gasteiger partial charge in [0.25, 0.3) is 15.9 Å². The first-order valence-corrected chi connectivity index (χ1v) is 12.0. The second-order valence-electron chi connectivity index (χ2n) is 6.72. The van der Waals surface area contributed by atoms with Gasteiger partial charge < -0.3 is 10.6 Å². The van der Waals surface area contributed by atoms with Gasteiger partial charge in [0.05, 0.1) is 15.5 Å². The monoisotopic (exact) mass is 457 g/mol. The predicted octanol–water partition coefficient (Wildman–Crippen LogP) is 3.72. The lowest BCUT2D eigenvalue weighted by Crippen LogP contribution is -2.26. The SMILES string of the molecule is CN(c1ccccc1)S(=O)(=O)c1cccc(NC(=O)CCCNC(=O)c2cccs2)c1. The fourth-order valence-corrected chi connectivity index (χ4v) is 4.72. The molecule has 0 atom stereocenters. The van der Waals surface area contributed by atoms with Gasteiger partial charge in [-0.25, -0.2) is 8.42 Å². The van der Waals surface area contributed by atoms with E-state index in [2.05, 4.69) is 10.6 Å². The molecule has 0 spiro atoms. The summed E-state index contributed by atoms with van der Waals surface area (Å²) in [7, 11) is -2.28. The van der Waals surface area contributed by atoms with Gasteiger partial charge in [0.15, 0.2) is 0 Å². The van der Waals surface area contributed by atoms with Crippen LogP contribution in [-0.4, -0.2) is 33.8 Å². The van der Waals surface area contributed by atoms with Gasteiger partial charge in [-0.2, -0.15) is 0 Å². The number of hydrogen-bond donors (Lipinski definition) is 2. The number of amides is 2. The molecule has 0 bridgehead atoms. The van der Waals surface area contributed by atoms with Crippen molar-refractivity contribution in [2.45, 2.75) is 17.7 Å². The summed E-state index contributed by atoms with van der Waals surface area (Å²) in [5, 5.41) is 7.31. The maximum Gasteiger partial charge on any atom is 0.264 e. The third-order valence-corrected chi connectivity index (χ3v) is 7.16. The number of nitrogens with zero attached hydrogens (tertiary/aromatic N) is 1. The second kappa shape index (κ2) is 10.2. The molecule has 0 unspecified atom stereocenters. The van der Waals surface area contributed by atoms with Crippen molar-refractivity contribution >= 4 is 44.5 Å². The molecule has 0 aliphatic carbocycles. The van der Waals surface area contributed by atoms with Crippen molar-refractivity contribution in [1.29, 1.82) is 0 Å². The fraction of sp³-hybridized carbons (Fsp3) is 0.182. The van der Waals surface area contributed by atoms with E-state index in [4.69, 9.17) is 0 Å². The van der Waals surface area contributed by atoms with E-state index < -0.39 is 10.0 Å². The molecule has 0 radical (unpaired) electrons. The Hall–Kier alpha value is -3.17. The largest absolute Gasteiger partial charge is 0.351 e. The second-order valence-corrected chi connectivity index (χ2v) is 9.64. The Morgan fingerprint density at radius 1 is 1.00 bits per heavy atom. The molecular weight excluding hydrogens is 434 g/mol. The van der Waals surface area contributed by atoms with Crippen LogP contribution in [-0.2, 0) is 14.8 Å². The van der Waals surface area contributed by atoms with E-state index in [1.807, 2.05) is 11.4 Å². The number of para-hydroxylation sites is 1. The summed E-state index contributed by atoms with van der Waals surface area (Å²) in [6.45, 7) is 0.375. The van der Waals surface area contributed by atoms with Gasteiger partial charge in [0.1, 0.15) is 0 Å². The van der Waals surface area contributed by atoms with Crippen LogP contribution in [0.2, 0.25) is 0 Å². The van der Waals surface area contributed by atoms with Crippen molar-refractivity contribution in [2.24, 2.45) is 0 Å². The summed E-state index contributed by atoms with van der Waals surface area (Å²) in [6, 6.07) is 18.5. The highest BCUT2D eigenvalue weighted by Crippen LogP contribution is 2.23. The van der Waals surface area contributed by atoms with Crippen molar-refractivity contribution in [3.63, 3.8) is 0 Å². The molecule has 2 amide bonds. The Morgan fingerprint density at radius 2 is 1.77 bits per heavy atom. The highest BCUT2D eigenvalue weighted by Gasteiger charge is 2.21. The van der Waals surface area contributed by atoms with Crippen LogP contribution in [0.4, 0.5) is 11.4 Å². The van der Waals surface area contributed by atoms with E-state index in [9.17, 15) is 18.0 Å². The van der Waals surface area contributed by atoms with E-state index in [0.29, 0.717) is 29.2 Å². The summed E-state index contributed by atoms with van der Waals surface area (Å²) in [6.07, 6.45) is 0.670. The lowest BCUT2D eigenvalue weighted by Gasteiger charge is -2.19. The third kappa shape index (κ3) is 5.93. The molecule has 2 aromatic carbocycles. The number of thiophene rings is 1. The van der Waals surface area contributed by atoms with E-state index >= 15 is 0 Å². The molecule has 1 heterocycles. The van der Waals surface area contributed by atoms with Crippen LogP contribution in [0.15, 0.2) is 77.0 Å². The minimum Gasteiger partial charge on any atom is -0.351 e. The van der Waals surface area contributed by atoms with Crippen LogP contribution in [0.3, 0.4) is 0 Å². The first-order chi connectivity index (χ1) is 14.9. The fourth-order valence-electron chi connectivity index (χ4n) is 2.84. The zero-order valence-corrected chi connectivity index (χ0v) is 18.6. The Bertz CT molecular complexity index is 1130. The van der Waals surface area contributed by atoms with E-state index in [1.54, 1.807) is 48.5 Å². The molecule has 162 valence electrons. The molecule has 9 heteroatoms. The van der Waals surface area contributed by atoms with Gasteiger partial charge in [-0.05, 0) is 48.2 Å². The minimum absolute atomic E-state index is 0.0832. The topological polar surface area (TPSA) is 95.6 Å². The Morgan fingerprint density at radius 3 is 2.48 bits per heavy atom. The first-order valence-electron chi connectivity index (χ1n) is 9.63.